The van der Waals surface area contributed by atoms with Gasteiger partial charge >= 0.3 is 0 Å². The van der Waals surface area contributed by atoms with Gasteiger partial charge in [-0.15, -0.1) is 0 Å². The molecular formula is C14H14BrNOS. The van der Waals surface area contributed by atoms with Gasteiger partial charge in [-0.05, 0) is 43.3 Å². The third kappa shape index (κ3) is 3.68. The van der Waals surface area contributed by atoms with Crippen molar-refractivity contribution in [2.75, 3.05) is 12.3 Å². The Kier molecular flexibility index (Phi) is 4.55. The Morgan fingerprint density at radius 3 is 2.50 bits per heavy atom. The molecule has 0 atom stereocenters. The fraction of sp³-hybridized carbons (Fsp3) is 0.143. The topological polar surface area (TPSA) is 35.2 Å². The van der Waals surface area contributed by atoms with Crippen LogP contribution in [0, 0.1) is 0 Å². The van der Waals surface area contributed by atoms with Gasteiger partial charge in [-0.25, -0.2) is 0 Å². The van der Waals surface area contributed by atoms with Crippen LogP contribution in [-0.2, 0) is 0 Å². The highest BCUT2D eigenvalue weighted by Crippen LogP contribution is 2.32. The summed E-state index contributed by atoms with van der Waals surface area (Å²) in [5.41, 5.74) is 6.59. The Hall–Kier alpha value is -1.13. The number of nitrogens with two attached hydrogens (primary N) is 1. The molecule has 0 amide bonds. The molecule has 0 radical (unpaired) electrons. The van der Waals surface area contributed by atoms with Crippen LogP contribution in [0.2, 0.25) is 0 Å². The minimum Gasteiger partial charge on any atom is -0.494 e. The van der Waals surface area contributed by atoms with Gasteiger partial charge in [-0.2, -0.15) is 0 Å². The van der Waals surface area contributed by atoms with Gasteiger partial charge in [0.25, 0.3) is 0 Å². The van der Waals surface area contributed by atoms with E-state index < -0.39 is 0 Å². The van der Waals surface area contributed by atoms with Crippen molar-refractivity contribution < 1.29 is 4.74 Å². The van der Waals surface area contributed by atoms with Crippen LogP contribution in [0.15, 0.2) is 56.7 Å². The predicted molar refractivity (Wildman–Crippen MR) is 80.3 cm³/mol. The van der Waals surface area contributed by atoms with Crippen molar-refractivity contribution in [1.82, 2.24) is 0 Å². The molecule has 0 spiro atoms. The summed E-state index contributed by atoms with van der Waals surface area (Å²) >= 11 is 5.10. The summed E-state index contributed by atoms with van der Waals surface area (Å²) in [4.78, 5) is 2.26. The Labute approximate surface area is 120 Å². The van der Waals surface area contributed by atoms with E-state index in [2.05, 4.69) is 28.1 Å². The van der Waals surface area contributed by atoms with Crippen molar-refractivity contribution in [1.29, 1.82) is 0 Å². The Morgan fingerprint density at radius 1 is 1.11 bits per heavy atom. The summed E-state index contributed by atoms with van der Waals surface area (Å²) in [6, 6.07) is 14.0. The van der Waals surface area contributed by atoms with E-state index in [9.17, 15) is 0 Å². The second-order valence-electron chi connectivity index (χ2n) is 3.73. The highest BCUT2D eigenvalue weighted by Gasteiger charge is 2.02. The zero-order valence-electron chi connectivity index (χ0n) is 10.0. The number of benzene rings is 2. The lowest BCUT2D eigenvalue weighted by Gasteiger charge is -2.08. The summed E-state index contributed by atoms with van der Waals surface area (Å²) < 4.78 is 6.56. The van der Waals surface area contributed by atoms with E-state index >= 15 is 0 Å². The van der Waals surface area contributed by atoms with Gasteiger partial charge in [-0.3, -0.25) is 0 Å². The first-order valence-corrected chi connectivity index (χ1v) is 7.25. The fourth-order valence-corrected chi connectivity index (χ4v) is 2.72. The van der Waals surface area contributed by atoms with Crippen LogP contribution in [0.3, 0.4) is 0 Å². The summed E-state index contributed by atoms with van der Waals surface area (Å²) in [5, 5.41) is 0. The highest BCUT2D eigenvalue weighted by atomic mass is 79.9. The number of halogens is 1. The molecule has 2 N–H and O–H groups in total. The van der Waals surface area contributed by atoms with Crippen LogP contribution in [0.25, 0.3) is 0 Å². The molecule has 0 fully saturated rings. The summed E-state index contributed by atoms with van der Waals surface area (Å²) in [7, 11) is 0. The maximum absolute atomic E-state index is 5.87. The number of ether oxygens (including phenoxy) is 1. The molecule has 0 aliphatic heterocycles. The number of nitrogen functional groups attached to an aromatic ring is 1. The number of hydrogen-bond acceptors (Lipinski definition) is 3. The lowest BCUT2D eigenvalue weighted by atomic mass is 10.3. The average Bonchev–Trinajstić information content (AvgIpc) is 2.32. The molecule has 2 aromatic carbocycles. The lowest BCUT2D eigenvalue weighted by Crippen LogP contribution is -1.93. The molecule has 0 bridgehead atoms. The average molecular weight is 324 g/mol. The summed E-state index contributed by atoms with van der Waals surface area (Å²) in [5.74, 6) is 0.817. The molecule has 94 valence electrons. The predicted octanol–water partition coefficient (Wildman–Crippen LogP) is 4.58. The molecule has 0 aliphatic rings. The van der Waals surface area contributed by atoms with Crippen molar-refractivity contribution in [2.24, 2.45) is 0 Å². The molecule has 0 saturated heterocycles. The first kappa shape index (κ1) is 13.3. The van der Waals surface area contributed by atoms with E-state index in [1.165, 1.54) is 4.90 Å². The third-order valence-electron chi connectivity index (χ3n) is 2.26. The van der Waals surface area contributed by atoms with E-state index in [1.54, 1.807) is 11.8 Å². The number of anilines is 1. The van der Waals surface area contributed by atoms with Crippen LogP contribution in [0.1, 0.15) is 6.92 Å². The highest BCUT2D eigenvalue weighted by molar-refractivity contribution is 9.10. The molecule has 0 aliphatic carbocycles. The maximum Gasteiger partial charge on any atom is 0.122 e. The molecule has 0 aromatic heterocycles. The number of hydrogen-bond donors (Lipinski definition) is 1. The zero-order valence-corrected chi connectivity index (χ0v) is 12.4. The van der Waals surface area contributed by atoms with Gasteiger partial charge in [-0.1, -0.05) is 27.7 Å². The second kappa shape index (κ2) is 6.16. The van der Waals surface area contributed by atoms with Gasteiger partial charge in [0.2, 0.25) is 0 Å². The van der Waals surface area contributed by atoms with E-state index in [0.29, 0.717) is 6.61 Å². The van der Waals surface area contributed by atoms with E-state index in [4.69, 9.17) is 10.5 Å². The molecule has 2 aromatic rings. The molecule has 0 saturated carbocycles. The van der Waals surface area contributed by atoms with E-state index in [-0.39, 0.29) is 0 Å². The monoisotopic (exact) mass is 323 g/mol. The van der Waals surface area contributed by atoms with E-state index in [1.807, 2.05) is 37.3 Å². The van der Waals surface area contributed by atoms with Crippen LogP contribution < -0.4 is 10.5 Å². The van der Waals surface area contributed by atoms with Gasteiger partial charge in [0.1, 0.15) is 5.75 Å². The minimum absolute atomic E-state index is 0.645. The molecular weight excluding hydrogens is 310 g/mol. The Balaban J connectivity index is 2.20. The quantitative estimate of drug-likeness (QED) is 0.836. The van der Waals surface area contributed by atoms with Crippen molar-refractivity contribution in [3.8, 4) is 5.75 Å². The Bertz CT molecular complexity index is 528. The molecule has 2 rings (SSSR count). The largest absolute Gasteiger partial charge is 0.494 e. The van der Waals surface area contributed by atoms with Crippen molar-refractivity contribution in [3.63, 3.8) is 0 Å². The molecule has 2 nitrogen and oxygen atoms in total. The maximum atomic E-state index is 5.87. The first-order chi connectivity index (χ1) is 8.67. The first-order valence-electron chi connectivity index (χ1n) is 5.64. The van der Waals surface area contributed by atoms with Gasteiger partial charge < -0.3 is 10.5 Å². The van der Waals surface area contributed by atoms with Crippen molar-refractivity contribution in [3.05, 3.63) is 46.9 Å². The normalized spacial score (nSPS) is 10.3. The van der Waals surface area contributed by atoms with E-state index in [0.717, 1.165) is 20.8 Å². The smallest absolute Gasteiger partial charge is 0.122 e. The molecule has 0 unspecified atom stereocenters. The van der Waals surface area contributed by atoms with Gasteiger partial charge in [0.15, 0.2) is 0 Å². The zero-order chi connectivity index (χ0) is 13.0. The van der Waals surface area contributed by atoms with Crippen LogP contribution in [0.4, 0.5) is 5.69 Å². The van der Waals surface area contributed by atoms with Gasteiger partial charge in [0.05, 0.1) is 6.61 Å². The van der Waals surface area contributed by atoms with Crippen molar-refractivity contribution >= 4 is 33.4 Å². The van der Waals surface area contributed by atoms with Crippen molar-refractivity contribution in [2.45, 2.75) is 16.7 Å². The lowest BCUT2D eigenvalue weighted by molar-refractivity contribution is 0.339. The van der Waals surface area contributed by atoms with Crippen LogP contribution in [0.5, 0.6) is 5.75 Å². The standard InChI is InChI=1S/C14H14BrNOS/c1-2-17-12-7-11(16)8-14(9-12)18-13-5-3-10(15)4-6-13/h3-9H,2,16H2,1H3. The Morgan fingerprint density at radius 2 is 1.83 bits per heavy atom. The van der Waals surface area contributed by atoms with Gasteiger partial charge in [0, 0.05) is 26.0 Å². The summed E-state index contributed by atoms with van der Waals surface area (Å²) in [6.45, 7) is 2.61. The molecule has 18 heavy (non-hydrogen) atoms. The fourth-order valence-electron chi connectivity index (χ4n) is 1.54. The summed E-state index contributed by atoms with van der Waals surface area (Å²) in [6.07, 6.45) is 0. The molecule has 0 heterocycles. The molecule has 4 heteroatoms. The SMILES string of the molecule is CCOc1cc(N)cc(Sc2ccc(Br)cc2)c1. The minimum atomic E-state index is 0.645. The number of rotatable bonds is 4. The van der Waals surface area contributed by atoms with Crippen LogP contribution >= 0.6 is 27.7 Å². The second-order valence-corrected chi connectivity index (χ2v) is 5.79. The third-order valence-corrected chi connectivity index (χ3v) is 3.77. The van der Waals surface area contributed by atoms with Crippen LogP contribution in [-0.4, -0.2) is 6.61 Å².